The van der Waals surface area contributed by atoms with Crippen LogP contribution in [0.3, 0.4) is 0 Å². The third-order valence-corrected chi connectivity index (χ3v) is 6.50. The molecule has 6 rings (SSSR count). The number of aliphatic imine (C=N–C) groups is 1. The quantitative estimate of drug-likeness (QED) is 0.456. The zero-order chi connectivity index (χ0) is 17.3. The Bertz CT molecular complexity index is 1200. The highest BCUT2D eigenvalue weighted by Crippen LogP contribution is 2.64. The molecule has 0 spiro atoms. The third kappa shape index (κ3) is 1.69. The van der Waals surface area contributed by atoms with Gasteiger partial charge in [0.2, 0.25) is 0 Å². The Morgan fingerprint density at radius 1 is 0.962 bits per heavy atom. The van der Waals surface area contributed by atoms with Crippen LogP contribution in [0, 0.1) is 5.92 Å². The fraction of sp³-hybridized carbons (Fsp3) is 0.208. The number of aromatic nitrogens is 1. The maximum atomic E-state index is 5.15. The topological polar surface area (TPSA) is 28.1 Å². The molecule has 2 heteroatoms. The Balaban J connectivity index is 1.68. The molecule has 1 aliphatic carbocycles. The molecule has 2 nitrogen and oxygen atoms in total. The van der Waals surface area contributed by atoms with Crippen molar-refractivity contribution in [3.8, 4) is 0 Å². The lowest BCUT2D eigenvalue weighted by Crippen LogP contribution is -2.20. The van der Waals surface area contributed by atoms with E-state index in [9.17, 15) is 0 Å². The first-order chi connectivity index (χ1) is 12.8. The van der Waals surface area contributed by atoms with Crippen molar-refractivity contribution < 1.29 is 0 Å². The fourth-order valence-corrected chi connectivity index (χ4v) is 5.09. The van der Waals surface area contributed by atoms with E-state index in [4.69, 9.17) is 4.99 Å². The van der Waals surface area contributed by atoms with Crippen LogP contribution in [0.4, 0.5) is 5.69 Å². The second-order valence-corrected chi connectivity index (χ2v) is 7.68. The summed E-state index contributed by atoms with van der Waals surface area (Å²) in [6, 6.07) is 23.8. The van der Waals surface area contributed by atoms with E-state index < -0.39 is 0 Å². The van der Waals surface area contributed by atoms with Crippen LogP contribution in [0.25, 0.3) is 21.8 Å². The van der Waals surface area contributed by atoms with Gasteiger partial charge in [-0.25, -0.2) is 0 Å². The number of benzene rings is 3. The molecule has 0 amide bonds. The first kappa shape index (κ1) is 14.3. The van der Waals surface area contributed by atoms with Gasteiger partial charge in [0.25, 0.3) is 0 Å². The van der Waals surface area contributed by atoms with E-state index in [-0.39, 0.29) is 5.41 Å². The Kier molecular flexibility index (Phi) is 2.67. The van der Waals surface area contributed by atoms with Crippen LogP contribution in [0.15, 0.2) is 71.7 Å². The van der Waals surface area contributed by atoms with Crippen LogP contribution in [-0.2, 0) is 5.41 Å². The summed E-state index contributed by atoms with van der Waals surface area (Å²) in [6.07, 6.45) is 2.36. The van der Waals surface area contributed by atoms with Gasteiger partial charge in [-0.2, -0.15) is 0 Å². The van der Waals surface area contributed by atoms with Crippen LogP contribution in [0.1, 0.15) is 30.9 Å². The Morgan fingerprint density at radius 3 is 2.62 bits per heavy atom. The van der Waals surface area contributed by atoms with Gasteiger partial charge < -0.3 is 4.98 Å². The standard InChI is InChI=1S/C24H20N2/c1-2-24-14-18(24)22(15-8-4-3-5-9-15)26-20-13-12-17-16-10-6-7-11-19(16)25-23(17)21(20)24/h3-13,18,25H,2,14H2,1H3. The van der Waals surface area contributed by atoms with Gasteiger partial charge in [-0.05, 0) is 30.5 Å². The van der Waals surface area contributed by atoms with Crippen molar-refractivity contribution in [1.82, 2.24) is 4.98 Å². The molecule has 1 aromatic heterocycles. The number of H-pyrrole nitrogens is 1. The van der Waals surface area contributed by atoms with Crippen LogP contribution in [-0.4, -0.2) is 10.7 Å². The van der Waals surface area contributed by atoms with Gasteiger partial charge in [0.05, 0.1) is 16.9 Å². The van der Waals surface area contributed by atoms with Crippen molar-refractivity contribution in [2.75, 3.05) is 0 Å². The van der Waals surface area contributed by atoms with E-state index in [1.165, 1.54) is 45.1 Å². The molecule has 1 fully saturated rings. The number of nitrogens with zero attached hydrogens (tertiary/aromatic N) is 1. The number of hydrogen-bond donors (Lipinski definition) is 1. The first-order valence-electron chi connectivity index (χ1n) is 9.50. The van der Waals surface area contributed by atoms with E-state index in [1.54, 1.807) is 0 Å². The second-order valence-electron chi connectivity index (χ2n) is 7.68. The maximum absolute atomic E-state index is 5.15. The van der Waals surface area contributed by atoms with Gasteiger partial charge in [0, 0.05) is 33.2 Å². The molecule has 1 N–H and O–H groups in total. The van der Waals surface area contributed by atoms with E-state index >= 15 is 0 Å². The van der Waals surface area contributed by atoms with E-state index in [0.717, 1.165) is 12.1 Å². The average molecular weight is 336 g/mol. The minimum absolute atomic E-state index is 0.239. The van der Waals surface area contributed by atoms with E-state index in [0.29, 0.717) is 5.92 Å². The number of rotatable bonds is 2. The van der Waals surface area contributed by atoms with Crippen molar-refractivity contribution in [1.29, 1.82) is 0 Å². The fourth-order valence-electron chi connectivity index (χ4n) is 5.09. The monoisotopic (exact) mass is 336 g/mol. The van der Waals surface area contributed by atoms with Crippen molar-refractivity contribution >= 4 is 33.2 Å². The minimum Gasteiger partial charge on any atom is -0.354 e. The zero-order valence-corrected chi connectivity index (χ0v) is 14.8. The van der Waals surface area contributed by atoms with Crippen LogP contribution >= 0.6 is 0 Å². The smallest absolute Gasteiger partial charge is 0.0692 e. The molecular formula is C24H20N2. The summed E-state index contributed by atoms with van der Waals surface area (Å²) in [5.74, 6) is 0.541. The number of fused-ring (bicyclic) bond motifs is 7. The number of nitrogens with one attached hydrogen (secondary N) is 1. The zero-order valence-electron chi connectivity index (χ0n) is 14.8. The Labute approximate surface area is 152 Å². The summed E-state index contributed by atoms with van der Waals surface area (Å²) in [6.45, 7) is 2.33. The van der Waals surface area contributed by atoms with Gasteiger partial charge in [-0.15, -0.1) is 0 Å². The lowest BCUT2D eigenvalue weighted by Gasteiger charge is -2.25. The molecule has 0 bridgehead atoms. The number of para-hydroxylation sites is 1. The minimum atomic E-state index is 0.239. The summed E-state index contributed by atoms with van der Waals surface area (Å²) in [4.78, 5) is 8.86. The Morgan fingerprint density at radius 2 is 1.77 bits per heavy atom. The molecule has 126 valence electrons. The van der Waals surface area contributed by atoms with Gasteiger partial charge in [0.15, 0.2) is 0 Å². The SMILES string of the molecule is CCC12CC1C(c1ccccc1)=Nc1ccc3c([nH]c4ccccc43)c12. The van der Waals surface area contributed by atoms with Crippen molar-refractivity contribution in [3.05, 3.63) is 77.9 Å². The lowest BCUT2D eigenvalue weighted by molar-refractivity contribution is 0.638. The normalized spacial score (nSPS) is 23.6. The van der Waals surface area contributed by atoms with Crippen LogP contribution in [0.2, 0.25) is 0 Å². The molecule has 2 unspecified atom stereocenters. The molecule has 0 radical (unpaired) electrons. The number of hydrogen-bond acceptors (Lipinski definition) is 1. The molecule has 1 aliphatic heterocycles. The summed E-state index contributed by atoms with van der Waals surface area (Å²) in [5.41, 5.74) is 7.89. The maximum Gasteiger partial charge on any atom is 0.0692 e. The summed E-state index contributed by atoms with van der Waals surface area (Å²) in [7, 11) is 0. The summed E-state index contributed by atoms with van der Waals surface area (Å²) >= 11 is 0. The molecule has 2 heterocycles. The van der Waals surface area contributed by atoms with Gasteiger partial charge >= 0.3 is 0 Å². The van der Waals surface area contributed by atoms with Gasteiger partial charge in [-0.1, -0.05) is 61.5 Å². The first-order valence-corrected chi connectivity index (χ1v) is 9.50. The molecule has 4 aromatic rings. The van der Waals surface area contributed by atoms with E-state index in [2.05, 4.69) is 78.6 Å². The van der Waals surface area contributed by atoms with Crippen molar-refractivity contribution in [2.24, 2.45) is 10.9 Å². The molecular weight excluding hydrogens is 316 g/mol. The van der Waals surface area contributed by atoms with Gasteiger partial charge in [0.1, 0.15) is 0 Å². The van der Waals surface area contributed by atoms with Crippen LogP contribution in [0.5, 0.6) is 0 Å². The summed E-state index contributed by atoms with van der Waals surface area (Å²) in [5, 5.41) is 2.64. The molecule has 2 atom stereocenters. The van der Waals surface area contributed by atoms with Crippen molar-refractivity contribution in [3.63, 3.8) is 0 Å². The molecule has 26 heavy (non-hydrogen) atoms. The highest BCUT2D eigenvalue weighted by molar-refractivity contribution is 6.14. The van der Waals surface area contributed by atoms with Crippen LogP contribution < -0.4 is 0 Å². The Hall–Kier alpha value is -2.87. The molecule has 1 saturated carbocycles. The highest BCUT2D eigenvalue weighted by atomic mass is 14.9. The third-order valence-electron chi connectivity index (χ3n) is 6.50. The van der Waals surface area contributed by atoms with Gasteiger partial charge in [-0.3, -0.25) is 4.99 Å². The predicted molar refractivity (Wildman–Crippen MR) is 109 cm³/mol. The number of aromatic amines is 1. The van der Waals surface area contributed by atoms with E-state index in [1.807, 2.05) is 0 Å². The molecule has 0 saturated heterocycles. The summed E-state index contributed by atoms with van der Waals surface area (Å²) < 4.78 is 0. The largest absolute Gasteiger partial charge is 0.354 e. The average Bonchev–Trinajstić information content (AvgIpc) is 3.34. The van der Waals surface area contributed by atoms with Crippen molar-refractivity contribution in [2.45, 2.75) is 25.2 Å². The predicted octanol–water partition coefficient (Wildman–Crippen LogP) is 6.12. The molecule has 3 aromatic carbocycles. The highest BCUT2D eigenvalue weighted by Gasteiger charge is 2.60. The lowest BCUT2D eigenvalue weighted by atomic mass is 9.83. The second kappa shape index (κ2) is 4.85. The molecule has 2 aliphatic rings.